The molecule has 1 amide bonds. The average molecular weight is 373 g/mol. The van der Waals surface area contributed by atoms with Gasteiger partial charge in [-0.15, -0.1) is 10.2 Å². The normalized spacial score (nSPS) is 13.8. The molecule has 6 nitrogen and oxygen atoms in total. The molecule has 0 spiro atoms. The molecule has 1 saturated heterocycles. The lowest BCUT2D eigenvalue weighted by Crippen LogP contribution is -2.29. The molecule has 1 fully saturated rings. The summed E-state index contributed by atoms with van der Waals surface area (Å²) in [5, 5.41) is 14.1. The molecule has 0 radical (unpaired) electrons. The minimum atomic E-state index is -0.274. The summed E-state index contributed by atoms with van der Waals surface area (Å²) < 4.78 is 0. The minimum Gasteiger partial charge on any atom is -0.372 e. The van der Waals surface area contributed by atoms with Crippen LogP contribution >= 0.6 is 0 Å². The van der Waals surface area contributed by atoms with Crippen molar-refractivity contribution in [1.82, 2.24) is 10.2 Å². The van der Waals surface area contributed by atoms with Crippen molar-refractivity contribution < 1.29 is 4.79 Å². The third kappa shape index (κ3) is 4.46. The number of hydrogen-bond donors (Lipinski definition) is 2. The number of para-hydroxylation sites is 1. The van der Waals surface area contributed by atoms with Crippen molar-refractivity contribution in [2.24, 2.45) is 0 Å². The number of nitrogens with zero attached hydrogens (tertiary/aromatic N) is 3. The fourth-order valence-corrected chi connectivity index (χ4v) is 3.29. The third-order valence-electron chi connectivity index (χ3n) is 4.79. The Morgan fingerprint density at radius 2 is 1.54 bits per heavy atom. The van der Waals surface area contributed by atoms with Crippen molar-refractivity contribution in [1.29, 1.82) is 0 Å². The first-order chi connectivity index (χ1) is 13.8. The van der Waals surface area contributed by atoms with Gasteiger partial charge in [0.1, 0.15) is 0 Å². The maximum absolute atomic E-state index is 12.4. The van der Waals surface area contributed by atoms with Crippen LogP contribution in [0.25, 0.3) is 0 Å². The molecule has 28 heavy (non-hydrogen) atoms. The summed E-state index contributed by atoms with van der Waals surface area (Å²) in [7, 11) is 0. The summed E-state index contributed by atoms with van der Waals surface area (Å²) in [6, 6.07) is 21.1. The van der Waals surface area contributed by atoms with E-state index >= 15 is 0 Å². The van der Waals surface area contributed by atoms with E-state index in [2.05, 4.69) is 37.9 Å². The second-order valence-corrected chi connectivity index (χ2v) is 6.84. The predicted molar refractivity (Wildman–Crippen MR) is 112 cm³/mol. The van der Waals surface area contributed by atoms with Crippen molar-refractivity contribution >= 4 is 28.8 Å². The van der Waals surface area contributed by atoms with Gasteiger partial charge in [-0.2, -0.15) is 0 Å². The maximum Gasteiger partial charge on any atom is 0.276 e. The molecular weight excluding hydrogens is 350 g/mol. The van der Waals surface area contributed by atoms with Crippen molar-refractivity contribution in [3.63, 3.8) is 0 Å². The van der Waals surface area contributed by atoms with Crippen molar-refractivity contribution in [3.8, 4) is 0 Å². The Kier molecular flexibility index (Phi) is 5.47. The first-order valence-corrected chi connectivity index (χ1v) is 9.60. The van der Waals surface area contributed by atoms with Crippen LogP contribution in [0.4, 0.5) is 22.9 Å². The van der Waals surface area contributed by atoms with Crippen LogP contribution < -0.4 is 15.5 Å². The minimum absolute atomic E-state index is 0.274. The summed E-state index contributed by atoms with van der Waals surface area (Å²) in [6.07, 6.45) is 3.80. The lowest BCUT2D eigenvalue weighted by molar-refractivity contribution is 0.102. The molecule has 0 aliphatic carbocycles. The number of amides is 1. The van der Waals surface area contributed by atoms with Gasteiger partial charge in [0.2, 0.25) is 0 Å². The topological polar surface area (TPSA) is 70.2 Å². The fourth-order valence-electron chi connectivity index (χ4n) is 3.29. The zero-order chi connectivity index (χ0) is 19.2. The smallest absolute Gasteiger partial charge is 0.276 e. The van der Waals surface area contributed by atoms with Crippen molar-refractivity contribution in [2.75, 3.05) is 28.6 Å². The van der Waals surface area contributed by atoms with Crippen LogP contribution in [0.2, 0.25) is 0 Å². The molecule has 1 aromatic heterocycles. The molecule has 0 unspecified atom stereocenters. The lowest BCUT2D eigenvalue weighted by Gasteiger charge is -2.28. The molecule has 2 N–H and O–H groups in total. The number of hydrogen-bond acceptors (Lipinski definition) is 5. The molecular formula is C22H23N5O. The van der Waals surface area contributed by atoms with E-state index in [1.807, 2.05) is 42.5 Å². The molecule has 2 heterocycles. The summed E-state index contributed by atoms with van der Waals surface area (Å²) in [4.78, 5) is 14.8. The first-order valence-electron chi connectivity index (χ1n) is 9.60. The Balaban J connectivity index is 1.36. The lowest BCUT2D eigenvalue weighted by atomic mass is 10.1. The number of carbonyl (C=O) groups is 1. The highest BCUT2D eigenvalue weighted by Gasteiger charge is 2.12. The van der Waals surface area contributed by atoms with Crippen LogP contribution in [-0.2, 0) is 0 Å². The van der Waals surface area contributed by atoms with E-state index in [9.17, 15) is 4.79 Å². The molecule has 3 aromatic rings. The Morgan fingerprint density at radius 1 is 0.786 bits per heavy atom. The number of piperidine rings is 1. The summed E-state index contributed by atoms with van der Waals surface area (Å²) in [6.45, 7) is 2.20. The second-order valence-electron chi connectivity index (χ2n) is 6.84. The van der Waals surface area contributed by atoms with Gasteiger partial charge < -0.3 is 15.5 Å². The molecule has 0 saturated carbocycles. The Hall–Kier alpha value is -3.41. The highest BCUT2D eigenvalue weighted by Crippen LogP contribution is 2.22. The van der Waals surface area contributed by atoms with Crippen LogP contribution in [0.3, 0.4) is 0 Å². The second kappa shape index (κ2) is 8.52. The number of aromatic nitrogens is 2. The van der Waals surface area contributed by atoms with Crippen LogP contribution in [0, 0.1) is 0 Å². The summed E-state index contributed by atoms with van der Waals surface area (Å²) >= 11 is 0. The largest absolute Gasteiger partial charge is 0.372 e. The van der Waals surface area contributed by atoms with Crippen molar-refractivity contribution in [2.45, 2.75) is 19.3 Å². The molecule has 0 bridgehead atoms. The van der Waals surface area contributed by atoms with Crippen molar-refractivity contribution in [3.05, 3.63) is 72.4 Å². The number of nitrogens with one attached hydrogen (secondary N) is 2. The van der Waals surface area contributed by atoms with E-state index in [4.69, 9.17) is 0 Å². The number of benzene rings is 2. The molecule has 1 aliphatic heterocycles. The monoisotopic (exact) mass is 373 g/mol. The third-order valence-corrected chi connectivity index (χ3v) is 4.79. The van der Waals surface area contributed by atoms with Gasteiger partial charge in [-0.1, -0.05) is 18.2 Å². The first kappa shape index (κ1) is 18.0. The zero-order valence-electron chi connectivity index (χ0n) is 15.6. The van der Waals surface area contributed by atoms with Crippen LogP contribution in [0.1, 0.15) is 29.8 Å². The van der Waals surface area contributed by atoms with E-state index in [0.29, 0.717) is 5.82 Å². The average Bonchev–Trinajstić information content (AvgIpc) is 2.76. The number of anilines is 4. The van der Waals surface area contributed by atoms with E-state index in [0.717, 1.165) is 24.5 Å². The number of carbonyl (C=O) groups excluding carboxylic acids is 1. The van der Waals surface area contributed by atoms with Crippen LogP contribution in [0.15, 0.2) is 66.7 Å². The predicted octanol–water partition coefficient (Wildman–Crippen LogP) is 4.46. The van der Waals surface area contributed by atoms with E-state index in [-0.39, 0.29) is 11.6 Å². The van der Waals surface area contributed by atoms with Gasteiger partial charge >= 0.3 is 0 Å². The Bertz CT molecular complexity index is 904. The van der Waals surface area contributed by atoms with Gasteiger partial charge in [-0.05, 0) is 67.8 Å². The molecule has 0 atom stereocenters. The maximum atomic E-state index is 12.4. The van der Waals surface area contributed by atoms with E-state index in [1.54, 1.807) is 12.1 Å². The van der Waals surface area contributed by atoms with Gasteiger partial charge in [-0.3, -0.25) is 4.79 Å². The van der Waals surface area contributed by atoms with Crippen LogP contribution in [0.5, 0.6) is 0 Å². The summed E-state index contributed by atoms with van der Waals surface area (Å²) in [5.74, 6) is 0.318. The van der Waals surface area contributed by atoms with E-state index < -0.39 is 0 Å². The van der Waals surface area contributed by atoms with Gasteiger partial charge in [0.25, 0.3) is 5.91 Å². The van der Waals surface area contributed by atoms with Gasteiger partial charge in [0, 0.05) is 30.2 Å². The highest BCUT2D eigenvalue weighted by atomic mass is 16.1. The summed E-state index contributed by atoms with van der Waals surface area (Å²) in [5.41, 5.74) is 3.15. The van der Waals surface area contributed by atoms with Gasteiger partial charge in [-0.25, -0.2) is 0 Å². The van der Waals surface area contributed by atoms with Gasteiger partial charge in [0.05, 0.1) is 0 Å². The quantitative estimate of drug-likeness (QED) is 0.691. The van der Waals surface area contributed by atoms with Gasteiger partial charge in [0.15, 0.2) is 11.5 Å². The Morgan fingerprint density at radius 3 is 2.21 bits per heavy atom. The zero-order valence-corrected chi connectivity index (χ0v) is 15.6. The molecule has 2 aromatic carbocycles. The number of rotatable bonds is 5. The molecule has 4 rings (SSSR count). The standard InChI is InChI=1S/C22H23N5O/c28-22(20-13-14-21(26-25-20)23-17-7-3-1-4-8-17)24-18-9-11-19(12-10-18)27-15-5-2-6-16-27/h1,3-4,7-14H,2,5-6,15-16H2,(H,23,26)(H,24,28). The van der Waals surface area contributed by atoms with E-state index in [1.165, 1.54) is 24.9 Å². The molecule has 6 heteroatoms. The highest BCUT2D eigenvalue weighted by molar-refractivity contribution is 6.02. The molecule has 142 valence electrons. The Labute approximate surface area is 164 Å². The van der Waals surface area contributed by atoms with Crippen LogP contribution in [-0.4, -0.2) is 29.2 Å². The fraction of sp³-hybridized carbons (Fsp3) is 0.227. The molecule has 1 aliphatic rings. The SMILES string of the molecule is O=C(Nc1ccc(N2CCCCC2)cc1)c1ccc(Nc2ccccc2)nn1.